The SMILES string of the molecule is CCn1cnc2c(N3CC4CN(S(=O)(=O)c5ccc(OC)c(F)c5)CC4C3)ncnc21. The van der Waals surface area contributed by atoms with E-state index in [-0.39, 0.29) is 22.5 Å². The number of methoxy groups -OCH3 is 1. The van der Waals surface area contributed by atoms with Crippen LogP contribution in [0.15, 0.2) is 35.7 Å². The highest BCUT2D eigenvalue weighted by molar-refractivity contribution is 7.89. The molecule has 2 aliphatic rings. The Hall–Kier alpha value is -2.79. The normalized spacial score (nSPS) is 21.7. The molecule has 9 nitrogen and oxygen atoms in total. The summed E-state index contributed by atoms with van der Waals surface area (Å²) in [7, 11) is -2.42. The van der Waals surface area contributed by atoms with Gasteiger partial charge in [-0.2, -0.15) is 4.31 Å². The van der Waals surface area contributed by atoms with E-state index in [0.29, 0.717) is 26.2 Å². The first-order chi connectivity index (χ1) is 14.9. The highest BCUT2D eigenvalue weighted by Gasteiger charge is 2.45. The fourth-order valence-electron chi connectivity index (χ4n) is 4.61. The Labute approximate surface area is 179 Å². The van der Waals surface area contributed by atoms with Crippen LogP contribution < -0.4 is 9.64 Å². The van der Waals surface area contributed by atoms with Crippen LogP contribution in [-0.2, 0) is 16.6 Å². The molecular weight excluding hydrogens is 423 g/mol. The van der Waals surface area contributed by atoms with Crippen LogP contribution in [0.2, 0.25) is 0 Å². The van der Waals surface area contributed by atoms with Gasteiger partial charge in [0.25, 0.3) is 0 Å². The zero-order valence-electron chi connectivity index (χ0n) is 17.3. The van der Waals surface area contributed by atoms with Crippen molar-refractivity contribution in [2.45, 2.75) is 18.4 Å². The molecule has 0 aliphatic carbocycles. The second kappa shape index (κ2) is 7.41. The number of fused-ring (bicyclic) bond motifs is 2. The maximum absolute atomic E-state index is 14.1. The summed E-state index contributed by atoms with van der Waals surface area (Å²) < 4.78 is 48.5. The predicted octanol–water partition coefficient (Wildman–Crippen LogP) is 1.75. The van der Waals surface area contributed by atoms with Gasteiger partial charge in [0.05, 0.1) is 18.3 Å². The van der Waals surface area contributed by atoms with Crippen LogP contribution in [0.3, 0.4) is 0 Å². The highest BCUT2D eigenvalue weighted by Crippen LogP contribution is 2.37. The number of halogens is 1. The average molecular weight is 447 g/mol. The van der Waals surface area contributed by atoms with Gasteiger partial charge in [0.2, 0.25) is 10.0 Å². The van der Waals surface area contributed by atoms with Crippen LogP contribution in [0.1, 0.15) is 6.92 Å². The van der Waals surface area contributed by atoms with E-state index in [0.717, 1.165) is 29.6 Å². The van der Waals surface area contributed by atoms with Crippen LogP contribution in [0.4, 0.5) is 10.2 Å². The van der Waals surface area contributed by atoms with Crippen LogP contribution >= 0.6 is 0 Å². The predicted molar refractivity (Wildman–Crippen MR) is 112 cm³/mol. The molecule has 2 aromatic heterocycles. The molecule has 2 fully saturated rings. The Morgan fingerprint density at radius 2 is 1.87 bits per heavy atom. The summed E-state index contributed by atoms with van der Waals surface area (Å²) in [6, 6.07) is 3.76. The van der Waals surface area contributed by atoms with Crippen molar-refractivity contribution < 1.29 is 17.5 Å². The van der Waals surface area contributed by atoms with E-state index in [9.17, 15) is 12.8 Å². The van der Waals surface area contributed by atoms with Gasteiger partial charge in [-0.3, -0.25) is 0 Å². The van der Waals surface area contributed by atoms with Gasteiger partial charge >= 0.3 is 0 Å². The standard InChI is InChI=1S/C20H23FN6O3S/c1-3-25-12-24-18-19(25)22-11-23-20(18)26-7-13-9-27(10-14(13)8-26)31(28,29)15-4-5-17(30-2)16(21)6-15/h4-6,11-14H,3,7-10H2,1-2H3. The Morgan fingerprint density at radius 3 is 2.52 bits per heavy atom. The van der Waals surface area contributed by atoms with Crippen molar-refractivity contribution in [2.75, 3.05) is 38.2 Å². The summed E-state index contributed by atoms with van der Waals surface area (Å²) in [5.74, 6) is 0.480. The number of benzene rings is 1. The molecule has 0 spiro atoms. The molecule has 164 valence electrons. The first-order valence-electron chi connectivity index (χ1n) is 10.2. The third-order valence-electron chi connectivity index (χ3n) is 6.24. The van der Waals surface area contributed by atoms with Gasteiger partial charge in [-0.05, 0) is 37.0 Å². The Morgan fingerprint density at radius 1 is 1.13 bits per heavy atom. The summed E-state index contributed by atoms with van der Waals surface area (Å²) in [6.07, 6.45) is 3.32. The molecule has 0 amide bonds. The number of sulfonamides is 1. The second-order valence-corrected chi connectivity index (χ2v) is 9.88. The molecule has 5 rings (SSSR count). The smallest absolute Gasteiger partial charge is 0.243 e. The molecule has 2 saturated heterocycles. The molecule has 0 bridgehead atoms. The fourth-order valence-corrected chi connectivity index (χ4v) is 6.17. The lowest BCUT2D eigenvalue weighted by atomic mass is 10.0. The van der Waals surface area contributed by atoms with Crippen molar-refractivity contribution in [1.82, 2.24) is 23.8 Å². The van der Waals surface area contributed by atoms with E-state index in [2.05, 4.69) is 19.9 Å². The number of aryl methyl sites for hydroxylation is 1. The number of hydrogen-bond donors (Lipinski definition) is 0. The topological polar surface area (TPSA) is 93.5 Å². The van der Waals surface area contributed by atoms with Crippen LogP contribution in [0.5, 0.6) is 5.75 Å². The van der Waals surface area contributed by atoms with Crippen molar-refractivity contribution in [3.63, 3.8) is 0 Å². The summed E-state index contributed by atoms with van der Waals surface area (Å²) in [4.78, 5) is 15.4. The van der Waals surface area contributed by atoms with E-state index in [4.69, 9.17) is 4.74 Å². The van der Waals surface area contributed by atoms with Crippen molar-refractivity contribution in [3.8, 4) is 5.75 Å². The first-order valence-corrected chi connectivity index (χ1v) is 11.6. The van der Waals surface area contributed by atoms with E-state index in [1.165, 1.54) is 23.5 Å². The number of nitrogens with zero attached hydrogens (tertiary/aromatic N) is 6. The Bertz CT molecular complexity index is 1230. The lowest BCUT2D eigenvalue weighted by Crippen LogP contribution is -2.33. The maximum Gasteiger partial charge on any atom is 0.243 e. The summed E-state index contributed by atoms with van der Waals surface area (Å²) >= 11 is 0. The molecular formula is C20H23FN6O3S. The van der Waals surface area contributed by atoms with E-state index >= 15 is 0 Å². The van der Waals surface area contributed by atoms with Gasteiger partial charge in [0.1, 0.15) is 6.33 Å². The molecule has 1 aromatic carbocycles. The minimum atomic E-state index is -3.77. The van der Waals surface area contributed by atoms with E-state index in [1.807, 2.05) is 11.5 Å². The Balaban J connectivity index is 1.34. The minimum absolute atomic E-state index is 0.0227. The Kier molecular flexibility index (Phi) is 4.82. The summed E-state index contributed by atoms with van der Waals surface area (Å²) in [6.45, 7) is 4.99. The van der Waals surface area contributed by atoms with Gasteiger partial charge in [0.15, 0.2) is 28.5 Å². The van der Waals surface area contributed by atoms with Gasteiger partial charge in [-0.1, -0.05) is 0 Å². The lowest BCUT2D eigenvalue weighted by molar-refractivity contribution is 0.385. The molecule has 0 radical (unpaired) electrons. The van der Waals surface area contributed by atoms with Crippen molar-refractivity contribution in [3.05, 3.63) is 36.7 Å². The second-order valence-electron chi connectivity index (χ2n) is 7.94. The number of anilines is 1. The van der Waals surface area contributed by atoms with Crippen molar-refractivity contribution in [2.24, 2.45) is 11.8 Å². The van der Waals surface area contributed by atoms with Gasteiger partial charge in [-0.25, -0.2) is 27.8 Å². The average Bonchev–Trinajstić information content (AvgIpc) is 3.46. The molecule has 31 heavy (non-hydrogen) atoms. The molecule has 2 atom stereocenters. The van der Waals surface area contributed by atoms with E-state index in [1.54, 1.807) is 12.7 Å². The zero-order valence-corrected chi connectivity index (χ0v) is 18.1. The molecule has 11 heteroatoms. The number of imidazole rings is 1. The molecule has 2 aliphatic heterocycles. The quantitative estimate of drug-likeness (QED) is 0.589. The summed E-state index contributed by atoms with van der Waals surface area (Å²) in [5.41, 5.74) is 1.57. The van der Waals surface area contributed by atoms with Crippen LogP contribution in [-0.4, -0.2) is 65.5 Å². The molecule has 3 aromatic rings. The van der Waals surface area contributed by atoms with E-state index < -0.39 is 15.8 Å². The number of rotatable bonds is 5. The monoisotopic (exact) mass is 446 g/mol. The highest BCUT2D eigenvalue weighted by atomic mass is 32.2. The largest absolute Gasteiger partial charge is 0.494 e. The van der Waals surface area contributed by atoms with Crippen LogP contribution in [0.25, 0.3) is 11.2 Å². The van der Waals surface area contributed by atoms with Crippen LogP contribution in [0, 0.1) is 17.7 Å². The van der Waals surface area contributed by atoms with Crippen molar-refractivity contribution in [1.29, 1.82) is 0 Å². The fraction of sp³-hybridized carbons (Fsp3) is 0.450. The van der Waals surface area contributed by atoms with Gasteiger partial charge in [0, 0.05) is 32.7 Å². The van der Waals surface area contributed by atoms with Gasteiger partial charge in [-0.15, -0.1) is 0 Å². The third-order valence-corrected chi connectivity index (χ3v) is 8.06. The van der Waals surface area contributed by atoms with Gasteiger partial charge < -0.3 is 14.2 Å². The summed E-state index contributed by atoms with van der Waals surface area (Å²) in [5, 5.41) is 0. The minimum Gasteiger partial charge on any atom is -0.494 e. The number of hydrogen-bond acceptors (Lipinski definition) is 7. The molecule has 0 saturated carbocycles. The first kappa shape index (κ1) is 20.1. The number of ether oxygens (including phenoxy) is 1. The molecule has 2 unspecified atom stereocenters. The third kappa shape index (κ3) is 3.23. The molecule has 4 heterocycles. The number of aromatic nitrogens is 4. The lowest BCUT2D eigenvalue weighted by Gasteiger charge is -2.22. The van der Waals surface area contributed by atoms with Crippen molar-refractivity contribution >= 4 is 27.0 Å². The zero-order chi connectivity index (χ0) is 21.8. The maximum atomic E-state index is 14.1. The molecule has 0 N–H and O–H groups in total.